The van der Waals surface area contributed by atoms with Gasteiger partial charge in [0.25, 0.3) is 0 Å². The number of carbonyl (C=O) groups excluding carboxylic acids is 1. The van der Waals surface area contributed by atoms with Crippen molar-refractivity contribution in [3.8, 4) is 5.75 Å². The van der Waals surface area contributed by atoms with Crippen LogP contribution >= 0.6 is 0 Å². The monoisotopic (exact) mass is 299 g/mol. The van der Waals surface area contributed by atoms with Gasteiger partial charge in [0.05, 0.1) is 19.2 Å². The normalized spacial score (nSPS) is 17.7. The van der Waals surface area contributed by atoms with Crippen molar-refractivity contribution < 1.29 is 9.53 Å². The van der Waals surface area contributed by atoms with Crippen molar-refractivity contribution in [3.05, 3.63) is 47.8 Å². The molecule has 2 heterocycles. The summed E-state index contributed by atoms with van der Waals surface area (Å²) in [5.74, 6) is 1.35. The molecule has 1 N–H and O–H groups in total. The highest BCUT2D eigenvalue weighted by Crippen LogP contribution is 2.27. The summed E-state index contributed by atoms with van der Waals surface area (Å²) in [4.78, 5) is 14.2. The number of benzene rings is 1. The van der Waals surface area contributed by atoms with Crippen LogP contribution in [-0.4, -0.2) is 40.7 Å². The van der Waals surface area contributed by atoms with Crippen molar-refractivity contribution >= 4 is 5.91 Å². The van der Waals surface area contributed by atoms with E-state index in [9.17, 15) is 4.79 Å². The third kappa shape index (κ3) is 3.30. The highest BCUT2D eigenvalue weighted by molar-refractivity contribution is 5.76. The number of ether oxygens (including phenoxy) is 1. The van der Waals surface area contributed by atoms with E-state index in [4.69, 9.17) is 4.74 Å². The zero-order valence-corrected chi connectivity index (χ0v) is 12.8. The predicted octanol–water partition coefficient (Wildman–Crippen LogP) is 2.50. The van der Waals surface area contributed by atoms with E-state index in [1.165, 1.54) is 5.56 Å². The van der Waals surface area contributed by atoms with E-state index in [-0.39, 0.29) is 5.91 Å². The number of nitrogens with zero attached hydrogens (tertiary/aromatic N) is 2. The summed E-state index contributed by atoms with van der Waals surface area (Å²) < 4.78 is 5.59. The van der Waals surface area contributed by atoms with Gasteiger partial charge in [0.2, 0.25) is 5.91 Å². The lowest BCUT2D eigenvalue weighted by atomic mass is 10.0. The summed E-state index contributed by atoms with van der Waals surface area (Å²) in [5.41, 5.74) is 2.34. The minimum Gasteiger partial charge on any atom is -0.493 e. The number of aromatic nitrogens is 2. The summed E-state index contributed by atoms with van der Waals surface area (Å²) in [6.07, 6.45) is 3.26. The van der Waals surface area contributed by atoms with Crippen LogP contribution in [0, 0.1) is 6.92 Å². The molecular weight excluding hydrogens is 278 g/mol. The van der Waals surface area contributed by atoms with Gasteiger partial charge in [-0.15, -0.1) is 0 Å². The van der Waals surface area contributed by atoms with Crippen LogP contribution in [0.25, 0.3) is 0 Å². The number of H-pyrrole nitrogens is 1. The first-order valence-electron chi connectivity index (χ1n) is 7.69. The Balaban J connectivity index is 1.46. The molecule has 0 spiro atoms. The van der Waals surface area contributed by atoms with Gasteiger partial charge in [0.15, 0.2) is 0 Å². The summed E-state index contributed by atoms with van der Waals surface area (Å²) in [6.45, 7) is 4.06. The van der Waals surface area contributed by atoms with Crippen molar-refractivity contribution in [1.82, 2.24) is 15.1 Å². The average Bonchev–Trinajstić information content (AvgIpc) is 3.17. The second-order valence-corrected chi connectivity index (χ2v) is 5.70. The van der Waals surface area contributed by atoms with Crippen molar-refractivity contribution in [2.45, 2.75) is 25.7 Å². The summed E-state index contributed by atoms with van der Waals surface area (Å²) in [5, 5.41) is 7.13. The van der Waals surface area contributed by atoms with Crippen molar-refractivity contribution in [2.24, 2.45) is 0 Å². The molecule has 0 bridgehead atoms. The molecule has 0 saturated carbocycles. The van der Waals surface area contributed by atoms with Crippen LogP contribution in [-0.2, 0) is 4.79 Å². The number of aryl methyl sites for hydroxylation is 1. The molecule has 1 aromatic carbocycles. The zero-order valence-electron chi connectivity index (χ0n) is 12.8. The maximum Gasteiger partial charge on any atom is 0.226 e. The highest BCUT2D eigenvalue weighted by atomic mass is 16.5. The number of rotatable bonds is 5. The number of aromatic amines is 1. The Hall–Kier alpha value is -2.30. The van der Waals surface area contributed by atoms with E-state index in [2.05, 4.69) is 17.1 Å². The molecule has 2 aromatic rings. The van der Waals surface area contributed by atoms with Gasteiger partial charge in [-0.05, 0) is 31.0 Å². The third-order valence-corrected chi connectivity index (χ3v) is 4.15. The maximum atomic E-state index is 12.3. The Morgan fingerprint density at radius 1 is 1.41 bits per heavy atom. The Morgan fingerprint density at radius 2 is 2.23 bits per heavy atom. The van der Waals surface area contributed by atoms with Crippen LogP contribution in [0.4, 0.5) is 0 Å². The quantitative estimate of drug-likeness (QED) is 0.923. The fourth-order valence-corrected chi connectivity index (χ4v) is 2.92. The topological polar surface area (TPSA) is 58.2 Å². The molecule has 1 fully saturated rings. The minimum atomic E-state index is 0.163. The first kappa shape index (κ1) is 14.6. The van der Waals surface area contributed by atoms with Gasteiger partial charge in [-0.25, -0.2) is 0 Å². The Labute approximate surface area is 130 Å². The molecule has 116 valence electrons. The van der Waals surface area contributed by atoms with Crippen LogP contribution in [0.1, 0.15) is 30.0 Å². The maximum absolute atomic E-state index is 12.3. The lowest BCUT2D eigenvalue weighted by Gasteiger charge is -2.16. The molecule has 0 radical (unpaired) electrons. The summed E-state index contributed by atoms with van der Waals surface area (Å²) in [6, 6.07) is 9.60. The number of likely N-dealkylation sites (tertiary alicyclic amines) is 1. The van der Waals surface area contributed by atoms with E-state index in [1.54, 1.807) is 0 Å². The first-order valence-corrected chi connectivity index (χ1v) is 7.69. The lowest BCUT2D eigenvalue weighted by molar-refractivity contribution is -0.130. The lowest BCUT2D eigenvalue weighted by Crippen LogP contribution is -2.29. The Bertz CT molecular complexity index is 624. The number of hydrogen-bond acceptors (Lipinski definition) is 3. The van der Waals surface area contributed by atoms with Crippen LogP contribution in [0.15, 0.2) is 36.5 Å². The van der Waals surface area contributed by atoms with Gasteiger partial charge in [0.1, 0.15) is 5.75 Å². The average molecular weight is 299 g/mol. The van der Waals surface area contributed by atoms with E-state index >= 15 is 0 Å². The van der Waals surface area contributed by atoms with Gasteiger partial charge < -0.3 is 9.64 Å². The van der Waals surface area contributed by atoms with Gasteiger partial charge in [0, 0.05) is 24.7 Å². The molecule has 5 heteroatoms. The molecule has 5 nitrogen and oxygen atoms in total. The van der Waals surface area contributed by atoms with Gasteiger partial charge >= 0.3 is 0 Å². The molecular formula is C17H21N3O2. The molecule has 1 aromatic heterocycles. The second-order valence-electron chi connectivity index (χ2n) is 5.70. The molecule has 1 aliphatic rings. The van der Waals surface area contributed by atoms with Crippen molar-refractivity contribution in [2.75, 3.05) is 19.7 Å². The first-order chi connectivity index (χ1) is 10.7. The molecule has 1 amide bonds. The standard InChI is InChI=1S/C17H21N3O2/c1-13-11-18-19-17(13)14-7-9-20(12-14)16(21)8-10-22-15-5-3-2-4-6-15/h2-6,11,14H,7-10,12H2,1H3,(H,18,19)/t14-/m1/s1. The Morgan fingerprint density at radius 3 is 2.95 bits per heavy atom. The fourth-order valence-electron chi connectivity index (χ4n) is 2.92. The van der Waals surface area contributed by atoms with Crippen LogP contribution in [0.5, 0.6) is 5.75 Å². The highest BCUT2D eigenvalue weighted by Gasteiger charge is 2.28. The number of hydrogen-bond donors (Lipinski definition) is 1. The SMILES string of the molecule is Cc1cn[nH]c1[C@@H]1CCN(C(=O)CCOc2ccccc2)C1. The van der Waals surface area contributed by atoms with Gasteiger partial charge in [-0.3, -0.25) is 9.89 Å². The van der Waals surface area contributed by atoms with Crippen LogP contribution in [0.2, 0.25) is 0 Å². The number of amides is 1. The third-order valence-electron chi connectivity index (χ3n) is 4.15. The van der Waals surface area contributed by atoms with E-state index in [1.807, 2.05) is 41.4 Å². The fraction of sp³-hybridized carbons (Fsp3) is 0.412. The summed E-state index contributed by atoms with van der Waals surface area (Å²) >= 11 is 0. The van der Waals surface area contributed by atoms with Crippen LogP contribution in [0.3, 0.4) is 0 Å². The molecule has 0 aliphatic carbocycles. The van der Waals surface area contributed by atoms with Crippen LogP contribution < -0.4 is 4.74 Å². The molecule has 0 unspecified atom stereocenters. The predicted molar refractivity (Wildman–Crippen MR) is 83.8 cm³/mol. The zero-order chi connectivity index (χ0) is 15.4. The molecule has 1 aliphatic heterocycles. The van der Waals surface area contributed by atoms with Crippen molar-refractivity contribution in [3.63, 3.8) is 0 Å². The molecule has 22 heavy (non-hydrogen) atoms. The van der Waals surface area contributed by atoms with E-state index in [0.717, 1.165) is 31.0 Å². The molecule has 3 rings (SSSR count). The molecule has 1 atom stereocenters. The number of carbonyl (C=O) groups is 1. The van der Waals surface area contributed by atoms with Crippen molar-refractivity contribution in [1.29, 1.82) is 0 Å². The Kier molecular flexibility index (Phi) is 4.42. The van der Waals surface area contributed by atoms with Gasteiger partial charge in [-0.2, -0.15) is 5.10 Å². The van der Waals surface area contributed by atoms with E-state index in [0.29, 0.717) is 18.9 Å². The number of nitrogens with one attached hydrogen (secondary N) is 1. The van der Waals surface area contributed by atoms with E-state index < -0.39 is 0 Å². The van der Waals surface area contributed by atoms with Gasteiger partial charge in [-0.1, -0.05) is 18.2 Å². The second kappa shape index (κ2) is 6.64. The minimum absolute atomic E-state index is 0.163. The largest absolute Gasteiger partial charge is 0.493 e. The summed E-state index contributed by atoms with van der Waals surface area (Å²) in [7, 11) is 0. The number of para-hydroxylation sites is 1. The smallest absolute Gasteiger partial charge is 0.226 e. The molecule has 1 saturated heterocycles.